The van der Waals surface area contributed by atoms with Crippen molar-refractivity contribution in [2.24, 2.45) is 46.3 Å². The summed E-state index contributed by atoms with van der Waals surface area (Å²) in [4.78, 5) is 117. The summed E-state index contributed by atoms with van der Waals surface area (Å²) in [6, 6.07) is 21.0. The molecule has 2 saturated heterocycles. The van der Waals surface area contributed by atoms with E-state index < -0.39 is 42.5 Å². The predicted molar refractivity (Wildman–Crippen MR) is 310 cm³/mol. The number of Topliss-reactive ketones (excluding diaryl/α,β-unsaturated/α-hetero) is 4. The molecule has 10 atom stereocenters. The molecule has 4 amide bonds. The van der Waals surface area contributed by atoms with E-state index in [2.05, 4.69) is 34.4 Å². The van der Waals surface area contributed by atoms with Gasteiger partial charge in [0.2, 0.25) is 11.8 Å². The van der Waals surface area contributed by atoms with Gasteiger partial charge in [0.25, 0.3) is 11.8 Å². The number of carbonyl (C=O) groups is 8. The Bertz CT molecular complexity index is 3270. The lowest BCUT2D eigenvalue weighted by Gasteiger charge is -2.29. The molecule has 3 aromatic carbocycles. The molecule has 5 N–H and O–H groups in total. The third kappa shape index (κ3) is 12.7. The lowest BCUT2D eigenvalue weighted by molar-refractivity contribution is -0.134. The Morgan fingerprint density at radius 3 is 1.51 bits per heavy atom. The number of fused-ring (bicyclic) bond motifs is 4. The second-order valence-corrected chi connectivity index (χ2v) is 25.8. The van der Waals surface area contributed by atoms with E-state index in [1.807, 2.05) is 80.6 Å². The van der Waals surface area contributed by atoms with Crippen LogP contribution in [0.4, 0.5) is 0 Å². The van der Waals surface area contributed by atoms with Gasteiger partial charge in [-0.25, -0.2) is 0 Å². The van der Waals surface area contributed by atoms with Crippen LogP contribution in [0.3, 0.4) is 0 Å². The number of hydrogen-bond donors (Lipinski definition) is 5. The fraction of sp³-hybridized carbons (Fsp3) is 0.538. The van der Waals surface area contributed by atoms with E-state index in [1.54, 1.807) is 36.2 Å². The zero-order chi connectivity index (χ0) is 58.9. The van der Waals surface area contributed by atoms with Gasteiger partial charge < -0.3 is 49.7 Å². The number of aromatic amines is 2. The minimum atomic E-state index is -0.968. The van der Waals surface area contributed by atoms with Gasteiger partial charge in [0.15, 0.2) is 11.6 Å². The number of nitrogens with zero attached hydrogens (tertiary/aromatic N) is 2. The maximum absolute atomic E-state index is 14.2. The number of amides is 4. The molecule has 4 saturated carbocycles. The van der Waals surface area contributed by atoms with Crippen LogP contribution in [-0.4, -0.2) is 136 Å². The van der Waals surface area contributed by atoms with E-state index in [4.69, 9.17) is 14.2 Å². The molecule has 0 unspecified atom stereocenters. The molecule has 0 radical (unpaired) electrons. The van der Waals surface area contributed by atoms with Gasteiger partial charge in [-0.2, -0.15) is 0 Å². The van der Waals surface area contributed by atoms with Gasteiger partial charge in [-0.05, 0) is 128 Å². The monoisotopic (exact) mass is 1140 g/mol. The number of ether oxygens (including phenoxy) is 3. The van der Waals surface area contributed by atoms with Crippen LogP contribution >= 0.6 is 0 Å². The number of aromatic nitrogens is 2. The van der Waals surface area contributed by atoms with Gasteiger partial charge in [0.05, 0.1) is 32.9 Å². The van der Waals surface area contributed by atoms with Gasteiger partial charge in [0, 0.05) is 59.6 Å². The average molecular weight is 1140 g/mol. The number of carbonyl (C=O) groups excluding carboxylic acids is 8. The summed E-state index contributed by atoms with van der Waals surface area (Å²) in [5, 5.41) is 17.1. The molecule has 5 aromatic rings. The number of rotatable bonds is 19. The zero-order valence-corrected chi connectivity index (χ0v) is 48.6. The van der Waals surface area contributed by atoms with Crippen molar-refractivity contribution in [3.8, 4) is 11.5 Å². The Hall–Kier alpha value is -7.18. The van der Waals surface area contributed by atoms with Crippen molar-refractivity contribution in [2.75, 3.05) is 40.5 Å². The van der Waals surface area contributed by atoms with Gasteiger partial charge in [0.1, 0.15) is 59.8 Å². The number of nitrogens with one attached hydrogen (secondary N) is 4. The van der Waals surface area contributed by atoms with Crippen molar-refractivity contribution in [1.82, 2.24) is 30.4 Å². The summed E-state index contributed by atoms with van der Waals surface area (Å²) in [5.74, 6) is -0.676. The normalized spacial score (nSPS) is 25.6. The van der Waals surface area contributed by atoms with Gasteiger partial charge in [-0.1, -0.05) is 83.0 Å². The van der Waals surface area contributed by atoms with Crippen molar-refractivity contribution < 1.29 is 57.7 Å². The first-order chi connectivity index (χ1) is 39.7. The standard InChI is InChI=1S/C36H43N3O6.C29H37N3O6/c1-36(2)17-24(30(40)18-36)15-28(31(41)21-45-20-22-9-5-4-6-10-22)38-34(42)33-25-12-7-11-23(25)19-39(33)35(43)29-16-26-27(37-29)13-8-14-32(26)44-3;1-29(2)12-17(23(34)13-29)10-21(24(35)15-33)31-27(36)26-18-7-4-6-16(18)14-32(26)28(37)22-11-19-20(30-22)8-5-9-25(19)38-3/h4-6,8-10,13-14,16,23-25,28,33,37H,7,11-12,15,17-21H2,1-3H3,(H,38,42);5,8-9,11,16-18,21,26,30,33H,4,6-7,10,12-15H2,1-3H3,(H,31,36)/t23-,24-,25-,28-,33-;16-,17-,18-,21-,26-/m00/s1. The Labute approximate surface area is 484 Å². The number of hydrogen-bond acceptors (Lipinski definition) is 12. The zero-order valence-electron chi connectivity index (χ0n) is 48.6. The van der Waals surface area contributed by atoms with Crippen LogP contribution in [0.25, 0.3) is 21.8 Å². The minimum absolute atomic E-state index is 0.00906. The highest BCUT2D eigenvalue weighted by Gasteiger charge is 2.52. The molecule has 6 aliphatic rings. The van der Waals surface area contributed by atoms with E-state index in [9.17, 15) is 43.5 Å². The molecule has 11 rings (SSSR count). The Morgan fingerprint density at radius 1 is 0.627 bits per heavy atom. The summed E-state index contributed by atoms with van der Waals surface area (Å²) >= 11 is 0. The average Bonchev–Trinajstić information content (AvgIpc) is 3.43. The molecule has 442 valence electrons. The Kier molecular flexibility index (Phi) is 17.5. The first-order valence-electron chi connectivity index (χ1n) is 29.6. The SMILES string of the molecule is COc1cccc2[nH]c(C(=O)N3C[C@@H]4CCC[C@@H]4[C@H]3C(=O)N[C@@H](C[C@H]3CC(C)(C)CC3=O)C(=O)CO)cc12.COc1cccc2[nH]c(C(=O)N3C[C@@H]4CCC[C@@H]4[C@H]3C(=O)N[C@@H](C[C@H]3CC(C)(C)CC3=O)C(=O)COCc3ccccc3)cc12. The number of aliphatic hydroxyl groups excluding tert-OH is 1. The maximum atomic E-state index is 14.2. The van der Waals surface area contributed by atoms with Crippen LogP contribution in [0.5, 0.6) is 11.5 Å². The summed E-state index contributed by atoms with van der Waals surface area (Å²) in [7, 11) is 3.17. The van der Waals surface area contributed by atoms with E-state index in [1.165, 1.54) is 0 Å². The molecule has 83 heavy (non-hydrogen) atoms. The smallest absolute Gasteiger partial charge is 0.271 e. The molecule has 18 nitrogen and oxygen atoms in total. The number of methoxy groups -OCH3 is 2. The first kappa shape index (κ1) is 59.0. The number of likely N-dealkylation sites (tertiary alicyclic amines) is 2. The largest absolute Gasteiger partial charge is 0.496 e. The summed E-state index contributed by atoms with van der Waals surface area (Å²) in [5.41, 5.74) is 2.98. The molecule has 6 fully saturated rings. The Morgan fingerprint density at radius 2 is 1.08 bits per heavy atom. The lowest BCUT2D eigenvalue weighted by Crippen LogP contribution is -2.53. The van der Waals surface area contributed by atoms with Gasteiger partial charge in [-0.3, -0.25) is 38.4 Å². The van der Waals surface area contributed by atoms with Crippen LogP contribution in [-0.2, 0) is 40.1 Å². The molecule has 0 bridgehead atoms. The number of ketones is 4. The first-order valence-corrected chi connectivity index (χ1v) is 29.6. The lowest BCUT2D eigenvalue weighted by atomic mass is 9.88. The van der Waals surface area contributed by atoms with Crippen molar-refractivity contribution >= 4 is 68.6 Å². The minimum Gasteiger partial charge on any atom is -0.496 e. The third-order valence-corrected chi connectivity index (χ3v) is 18.8. The van der Waals surface area contributed by atoms with Crippen LogP contribution in [0.2, 0.25) is 0 Å². The molecule has 4 heterocycles. The van der Waals surface area contributed by atoms with Crippen molar-refractivity contribution in [1.29, 1.82) is 0 Å². The number of aliphatic hydroxyl groups is 1. The van der Waals surface area contributed by atoms with Crippen LogP contribution in [0.1, 0.15) is 131 Å². The highest BCUT2D eigenvalue weighted by Crippen LogP contribution is 2.46. The predicted octanol–water partition coefficient (Wildman–Crippen LogP) is 7.94. The molecule has 18 heteroatoms. The molecular formula is C65H80N6O12. The van der Waals surface area contributed by atoms with Gasteiger partial charge >= 0.3 is 0 Å². The highest BCUT2D eigenvalue weighted by molar-refractivity contribution is 6.04. The fourth-order valence-corrected chi connectivity index (χ4v) is 14.9. The maximum Gasteiger partial charge on any atom is 0.271 e. The second-order valence-electron chi connectivity index (χ2n) is 25.8. The summed E-state index contributed by atoms with van der Waals surface area (Å²) in [6.07, 6.45) is 8.20. The van der Waals surface area contributed by atoms with Crippen LogP contribution in [0, 0.1) is 46.3 Å². The van der Waals surface area contributed by atoms with Crippen LogP contribution < -0.4 is 20.1 Å². The second kappa shape index (κ2) is 24.6. The van der Waals surface area contributed by atoms with E-state index >= 15 is 0 Å². The third-order valence-electron chi connectivity index (χ3n) is 18.8. The number of benzene rings is 3. The van der Waals surface area contributed by atoms with Crippen molar-refractivity contribution in [2.45, 2.75) is 136 Å². The topological polar surface area (TPSA) is 247 Å². The molecule has 4 aliphatic carbocycles. The molecular weight excluding hydrogens is 1060 g/mol. The van der Waals surface area contributed by atoms with E-state index in [0.29, 0.717) is 61.7 Å². The molecule has 0 spiro atoms. The van der Waals surface area contributed by atoms with E-state index in [-0.39, 0.29) is 107 Å². The van der Waals surface area contributed by atoms with Crippen molar-refractivity contribution in [3.63, 3.8) is 0 Å². The highest BCUT2D eigenvalue weighted by atomic mass is 16.5. The molecule has 2 aromatic heterocycles. The fourth-order valence-electron chi connectivity index (χ4n) is 14.9. The summed E-state index contributed by atoms with van der Waals surface area (Å²) < 4.78 is 16.7. The van der Waals surface area contributed by atoms with E-state index in [0.717, 1.165) is 65.9 Å². The Balaban J connectivity index is 0.000000188. The van der Waals surface area contributed by atoms with Crippen LogP contribution in [0.15, 0.2) is 78.9 Å². The molecule has 2 aliphatic heterocycles. The van der Waals surface area contributed by atoms with Crippen molar-refractivity contribution in [3.05, 3.63) is 95.8 Å². The quantitative estimate of drug-likeness (QED) is 0.0529. The van der Waals surface area contributed by atoms with Gasteiger partial charge in [-0.15, -0.1) is 0 Å². The summed E-state index contributed by atoms with van der Waals surface area (Å²) in [6.45, 7) is 8.50. The number of H-pyrrole nitrogens is 2.